The third-order valence-corrected chi connectivity index (χ3v) is 11.6. The maximum atomic E-state index is 5.28. The van der Waals surface area contributed by atoms with Gasteiger partial charge in [-0.15, -0.1) is 11.3 Å². The molecule has 0 amide bonds. The van der Waals surface area contributed by atoms with E-state index in [1.54, 1.807) is 11.3 Å². The Morgan fingerprint density at radius 2 is 1.06 bits per heavy atom. The first-order chi connectivity index (χ1) is 24.5. The van der Waals surface area contributed by atoms with Crippen molar-refractivity contribution >= 4 is 42.4 Å². The van der Waals surface area contributed by atoms with Crippen LogP contribution in [-0.2, 0) is 5.41 Å². The number of rotatable bonds is 4. The second-order valence-electron chi connectivity index (χ2n) is 13.8. The summed E-state index contributed by atoms with van der Waals surface area (Å²) in [7, 11) is 0. The maximum Gasteiger partial charge on any atom is 0.125 e. The number of thiophene rings is 1. The summed E-state index contributed by atoms with van der Waals surface area (Å²) in [5.41, 5.74) is 13.9. The fourth-order valence-corrected chi connectivity index (χ4v) is 9.04. The molecule has 0 aliphatic heterocycles. The fraction of sp³-hybridized carbons (Fsp3) is 0.0638. The molecule has 0 N–H and O–H groups in total. The van der Waals surface area contributed by atoms with Crippen LogP contribution in [0, 0.1) is 0 Å². The molecule has 0 unspecified atom stereocenters. The third-order valence-electron chi connectivity index (χ3n) is 10.5. The predicted octanol–water partition coefficient (Wildman–Crippen LogP) is 13.0. The Bertz CT molecular complexity index is 2770. The normalized spacial score (nSPS) is 13.2. The lowest BCUT2D eigenvalue weighted by molar-refractivity contribution is 0.660. The van der Waals surface area contributed by atoms with Crippen LogP contribution in [0.5, 0.6) is 0 Å². The number of benzene rings is 6. The summed E-state index contributed by atoms with van der Waals surface area (Å²) in [6.07, 6.45) is 0. The molecule has 3 heterocycles. The molecule has 0 atom stereocenters. The Balaban J connectivity index is 1.10. The highest BCUT2D eigenvalue weighted by Gasteiger charge is 2.35. The van der Waals surface area contributed by atoms with Crippen molar-refractivity contribution in [3.05, 3.63) is 169 Å². The highest BCUT2D eigenvalue weighted by atomic mass is 32.1. The van der Waals surface area contributed by atoms with Crippen LogP contribution in [0.15, 0.2) is 158 Å². The summed E-state index contributed by atoms with van der Waals surface area (Å²) >= 11 is 1.77. The standard InChI is InChI=1S/C47H32N2S/c1-47(2)39-18-10-8-14-34(39)35-25-24-32(26-40(35)47)42-28-33(27-41(48-42)30-12-4-3-5-13-30)29-20-22-31(23-21-29)45-37-16-7-6-15-36(37)44-38-17-9-11-19-43(38)50-46(44)49-45/h3-28H,1-2H3. The average molecular weight is 657 g/mol. The second-order valence-corrected chi connectivity index (χ2v) is 14.8. The lowest BCUT2D eigenvalue weighted by atomic mass is 9.82. The largest absolute Gasteiger partial charge is 0.248 e. The van der Waals surface area contributed by atoms with Crippen molar-refractivity contribution < 1.29 is 0 Å². The van der Waals surface area contributed by atoms with Crippen LogP contribution in [0.4, 0.5) is 0 Å². The molecule has 1 aliphatic carbocycles. The van der Waals surface area contributed by atoms with E-state index in [0.717, 1.165) is 49.7 Å². The van der Waals surface area contributed by atoms with Crippen LogP contribution in [0.3, 0.4) is 0 Å². The van der Waals surface area contributed by atoms with E-state index in [-0.39, 0.29) is 5.41 Å². The summed E-state index contributed by atoms with van der Waals surface area (Å²) in [6.45, 7) is 4.66. The molecular weight excluding hydrogens is 625 g/mol. The molecule has 3 aromatic heterocycles. The van der Waals surface area contributed by atoms with E-state index in [1.165, 1.54) is 48.5 Å². The average Bonchev–Trinajstić information content (AvgIpc) is 3.66. The van der Waals surface area contributed by atoms with Gasteiger partial charge in [0.2, 0.25) is 0 Å². The van der Waals surface area contributed by atoms with E-state index in [0.29, 0.717) is 0 Å². The minimum atomic E-state index is -0.0747. The molecule has 6 aromatic carbocycles. The van der Waals surface area contributed by atoms with Crippen molar-refractivity contribution in [1.29, 1.82) is 0 Å². The molecule has 236 valence electrons. The van der Waals surface area contributed by atoms with Crippen molar-refractivity contribution in [2.24, 2.45) is 0 Å². The van der Waals surface area contributed by atoms with Crippen LogP contribution < -0.4 is 0 Å². The van der Waals surface area contributed by atoms with Gasteiger partial charge < -0.3 is 0 Å². The zero-order valence-electron chi connectivity index (χ0n) is 27.8. The van der Waals surface area contributed by atoms with Gasteiger partial charge in [-0.25, -0.2) is 9.97 Å². The zero-order valence-corrected chi connectivity index (χ0v) is 28.6. The van der Waals surface area contributed by atoms with Crippen LogP contribution in [0.2, 0.25) is 0 Å². The summed E-state index contributed by atoms with van der Waals surface area (Å²) in [6, 6.07) is 56.9. The Kier molecular flexibility index (Phi) is 6.43. The zero-order chi connectivity index (χ0) is 33.4. The molecule has 0 saturated carbocycles. The highest BCUT2D eigenvalue weighted by Crippen LogP contribution is 2.49. The minimum Gasteiger partial charge on any atom is -0.248 e. The maximum absolute atomic E-state index is 5.28. The van der Waals surface area contributed by atoms with Crippen molar-refractivity contribution in [3.63, 3.8) is 0 Å². The lowest BCUT2D eigenvalue weighted by Gasteiger charge is -2.22. The fourth-order valence-electron chi connectivity index (χ4n) is 7.95. The van der Waals surface area contributed by atoms with Crippen LogP contribution in [0.1, 0.15) is 25.0 Å². The van der Waals surface area contributed by atoms with Crippen LogP contribution in [-0.4, -0.2) is 9.97 Å². The Labute approximate surface area is 295 Å². The van der Waals surface area contributed by atoms with Gasteiger partial charge in [-0.3, -0.25) is 0 Å². The van der Waals surface area contributed by atoms with E-state index >= 15 is 0 Å². The van der Waals surface area contributed by atoms with E-state index in [2.05, 4.69) is 172 Å². The topological polar surface area (TPSA) is 25.8 Å². The monoisotopic (exact) mass is 656 g/mol. The molecule has 0 spiro atoms. The first-order valence-corrected chi connectivity index (χ1v) is 18.0. The molecule has 0 fully saturated rings. The van der Waals surface area contributed by atoms with Gasteiger partial charge in [0.05, 0.1) is 17.1 Å². The van der Waals surface area contributed by atoms with E-state index in [9.17, 15) is 0 Å². The van der Waals surface area contributed by atoms with Gasteiger partial charge in [0, 0.05) is 43.0 Å². The first kappa shape index (κ1) is 29.1. The summed E-state index contributed by atoms with van der Waals surface area (Å²) < 4.78 is 1.27. The Morgan fingerprint density at radius 3 is 1.88 bits per heavy atom. The van der Waals surface area contributed by atoms with E-state index < -0.39 is 0 Å². The van der Waals surface area contributed by atoms with Crippen LogP contribution >= 0.6 is 11.3 Å². The highest BCUT2D eigenvalue weighted by molar-refractivity contribution is 7.25. The SMILES string of the molecule is CC1(C)c2ccccc2-c2ccc(-c3cc(-c4ccc(-c5nc6sc7ccccc7c6c6ccccc56)cc4)cc(-c4ccccc4)n3)cc21. The molecule has 50 heavy (non-hydrogen) atoms. The quantitative estimate of drug-likeness (QED) is 0.188. The molecule has 3 heteroatoms. The van der Waals surface area contributed by atoms with Gasteiger partial charge in [0.15, 0.2) is 0 Å². The summed E-state index contributed by atoms with van der Waals surface area (Å²) in [4.78, 5) is 11.6. The predicted molar refractivity (Wildman–Crippen MR) is 212 cm³/mol. The lowest BCUT2D eigenvalue weighted by Crippen LogP contribution is -2.14. The Hall–Kier alpha value is -5.90. The number of aromatic nitrogens is 2. The molecule has 1 aliphatic rings. The van der Waals surface area contributed by atoms with Crippen molar-refractivity contribution in [1.82, 2.24) is 9.97 Å². The minimum absolute atomic E-state index is 0.0747. The van der Waals surface area contributed by atoms with Gasteiger partial charge in [0.1, 0.15) is 4.83 Å². The van der Waals surface area contributed by atoms with Crippen molar-refractivity contribution in [2.45, 2.75) is 19.3 Å². The van der Waals surface area contributed by atoms with Crippen molar-refractivity contribution in [3.8, 4) is 56.0 Å². The van der Waals surface area contributed by atoms with Crippen molar-refractivity contribution in [2.75, 3.05) is 0 Å². The second kappa shape index (κ2) is 11.1. The number of hydrogen-bond acceptors (Lipinski definition) is 3. The van der Waals surface area contributed by atoms with E-state index in [4.69, 9.17) is 9.97 Å². The molecular formula is C47H32N2S. The number of hydrogen-bond donors (Lipinski definition) is 0. The molecule has 10 rings (SSSR count). The van der Waals surface area contributed by atoms with E-state index in [1.807, 2.05) is 0 Å². The molecule has 0 radical (unpaired) electrons. The Morgan fingerprint density at radius 1 is 0.440 bits per heavy atom. The molecule has 0 bridgehead atoms. The molecule has 0 saturated heterocycles. The van der Waals surface area contributed by atoms with Gasteiger partial charge in [-0.2, -0.15) is 0 Å². The number of pyridine rings is 2. The molecule has 9 aromatic rings. The summed E-state index contributed by atoms with van der Waals surface area (Å²) in [5, 5.41) is 4.95. The van der Waals surface area contributed by atoms with Crippen LogP contribution in [0.25, 0.3) is 87.1 Å². The number of nitrogens with zero attached hydrogens (tertiary/aromatic N) is 2. The van der Waals surface area contributed by atoms with Gasteiger partial charge in [0.25, 0.3) is 0 Å². The summed E-state index contributed by atoms with van der Waals surface area (Å²) in [5.74, 6) is 0. The first-order valence-electron chi connectivity index (χ1n) is 17.2. The molecule has 2 nitrogen and oxygen atoms in total. The van der Waals surface area contributed by atoms with Gasteiger partial charge in [-0.1, -0.05) is 147 Å². The number of fused-ring (bicyclic) bond motifs is 8. The third kappa shape index (κ3) is 4.47. The van der Waals surface area contributed by atoms with Gasteiger partial charge in [-0.05, 0) is 63.0 Å². The van der Waals surface area contributed by atoms with Gasteiger partial charge >= 0.3 is 0 Å². The smallest absolute Gasteiger partial charge is 0.125 e.